The van der Waals surface area contributed by atoms with Crippen molar-refractivity contribution in [3.63, 3.8) is 0 Å². The zero-order chi connectivity index (χ0) is 19.1. The van der Waals surface area contributed by atoms with Crippen LogP contribution in [0.3, 0.4) is 0 Å². The minimum absolute atomic E-state index is 0.0279. The van der Waals surface area contributed by atoms with Gasteiger partial charge >= 0.3 is 0 Å². The first-order chi connectivity index (χ1) is 13.1. The molecule has 2 aromatic carbocycles. The standard InChI is InChI=1S/C21H20ClN3O2/c22-18-5-1-2-6-19(18)23-14-20(26)24-13-16-8-10-17(11-9-16)15-25-12-4-3-7-21(25)27/h1-12,23H,13-15H2,(H,24,26). The second-order valence-corrected chi connectivity index (χ2v) is 6.50. The summed E-state index contributed by atoms with van der Waals surface area (Å²) in [7, 11) is 0. The van der Waals surface area contributed by atoms with E-state index in [1.54, 1.807) is 29.0 Å². The van der Waals surface area contributed by atoms with E-state index in [9.17, 15) is 9.59 Å². The number of benzene rings is 2. The van der Waals surface area contributed by atoms with Crippen LogP contribution in [0.1, 0.15) is 11.1 Å². The molecule has 5 nitrogen and oxygen atoms in total. The molecule has 0 saturated carbocycles. The monoisotopic (exact) mass is 381 g/mol. The van der Waals surface area contributed by atoms with Crippen LogP contribution < -0.4 is 16.2 Å². The van der Waals surface area contributed by atoms with Gasteiger partial charge in [-0.2, -0.15) is 0 Å². The summed E-state index contributed by atoms with van der Waals surface area (Å²) in [6.45, 7) is 1.11. The van der Waals surface area contributed by atoms with E-state index in [2.05, 4.69) is 10.6 Å². The highest BCUT2D eigenvalue weighted by Gasteiger charge is 2.04. The molecule has 0 bridgehead atoms. The number of anilines is 1. The molecular formula is C21H20ClN3O2. The average molecular weight is 382 g/mol. The lowest BCUT2D eigenvalue weighted by Gasteiger charge is -2.10. The first-order valence-electron chi connectivity index (χ1n) is 8.60. The van der Waals surface area contributed by atoms with Crippen molar-refractivity contribution in [2.45, 2.75) is 13.1 Å². The molecular weight excluding hydrogens is 362 g/mol. The average Bonchev–Trinajstić information content (AvgIpc) is 2.68. The van der Waals surface area contributed by atoms with Gasteiger partial charge in [-0.05, 0) is 29.3 Å². The van der Waals surface area contributed by atoms with Crippen molar-refractivity contribution in [2.75, 3.05) is 11.9 Å². The number of halogens is 1. The topological polar surface area (TPSA) is 63.1 Å². The summed E-state index contributed by atoms with van der Waals surface area (Å²) >= 11 is 6.05. The fourth-order valence-electron chi connectivity index (χ4n) is 2.59. The molecule has 3 rings (SSSR count). The van der Waals surface area contributed by atoms with Crippen LogP contribution >= 0.6 is 11.6 Å². The maximum Gasteiger partial charge on any atom is 0.250 e. The van der Waals surface area contributed by atoms with Crippen LogP contribution in [0.5, 0.6) is 0 Å². The normalized spacial score (nSPS) is 10.4. The molecule has 0 unspecified atom stereocenters. The fraction of sp³-hybridized carbons (Fsp3) is 0.143. The van der Waals surface area contributed by atoms with Gasteiger partial charge in [-0.25, -0.2) is 0 Å². The molecule has 2 N–H and O–H groups in total. The maximum absolute atomic E-state index is 12.0. The summed E-state index contributed by atoms with van der Waals surface area (Å²) in [5.41, 5.74) is 2.72. The summed E-state index contributed by atoms with van der Waals surface area (Å²) in [6, 6.07) is 20.2. The van der Waals surface area contributed by atoms with Crippen LogP contribution in [0, 0.1) is 0 Å². The van der Waals surface area contributed by atoms with Crippen molar-refractivity contribution in [3.05, 3.63) is 99.4 Å². The molecule has 0 spiro atoms. The Morgan fingerprint density at radius 3 is 2.37 bits per heavy atom. The zero-order valence-corrected chi connectivity index (χ0v) is 15.4. The number of hydrogen-bond donors (Lipinski definition) is 2. The van der Waals surface area contributed by atoms with Gasteiger partial charge in [0, 0.05) is 18.8 Å². The number of carbonyl (C=O) groups is 1. The molecule has 1 amide bonds. The van der Waals surface area contributed by atoms with E-state index in [1.165, 1.54) is 0 Å². The quantitative estimate of drug-likeness (QED) is 0.660. The molecule has 138 valence electrons. The summed E-state index contributed by atoms with van der Waals surface area (Å²) < 4.78 is 1.65. The van der Waals surface area contributed by atoms with Gasteiger partial charge in [0.2, 0.25) is 5.91 Å². The maximum atomic E-state index is 12.0. The van der Waals surface area contributed by atoms with E-state index in [1.807, 2.05) is 48.5 Å². The molecule has 0 aliphatic carbocycles. The number of nitrogens with zero attached hydrogens (tertiary/aromatic N) is 1. The number of para-hydroxylation sites is 1. The van der Waals surface area contributed by atoms with Gasteiger partial charge in [-0.15, -0.1) is 0 Å². The van der Waals surface area contributed by atoms with Crippen LogP contribution in [0.15, 0.2) is 77.7 Å². The van der Waals surface area contributed by atoms with E-state index >= 15 is 0 Å². The first-order valence-corrected chi connectivity index (χ1v) is 8.98. The zero-order valence-electron chi connectivity index (χ0n) is 14.7. The lowest BCUT2D eigenvalue weighted by molar-refractivity contribution is -0.119. The third kappa shape index (κ3) is 5.46. The highest BCUT2D eigenvalue weighted by molar-refractivity contribution is 6.33. The molecule has 0 aliphatic rings. The lowest BCUT2D eigenvalue weighted by Crippen LogP contribution is -2.29. The van der Waals surface area contributed by atoms with Gasteiger partial charge in [0.05, 0.1) is 23.8 Å². The van der Waals surface area contributed by atoms with Crippen molar-refractivity contribution in [1.82, 2.24) is 9.88 Å². The number of aromatic nitrogens is 1. The number of nitrogens with one attached hydrogen (secondary N) is 2. The Morgan fingerprint density at radius 1 is 0.926 bits per heavy atom. The Balaban J connectivity index is 1.48. The predicted molar refractivity (Wildman–Crippen MR) is 108 cm³/mol. The second-order valence-electron chi connectivity index (χ2n) is 6.09. The summed E-state index contributed by atoms with van der Waals surface area (Å²) in [5.74, 6) is -0.116. The minimum atomic E-state index is -0.116. The van der Waals surface area contributed by atoms with E-state index in [0.717, 1.165) is 16.8 Å². The van der Waals surface area contributed by atoms with Crippen LogP contribution in [-0.4, -0.2) is 17.0 Å². The van der Waals surface area contributed by atoms with Crippen LogP contribution in [0.4, 0.5) is 5.69 Å². The molecule has 27 heavy (non-hydrogen) atoms. The molecule has 0 aliphatic heterocycles. The number of hydrogen-bond acceptors (Lipinski definition) is 3. The molecule has 1 aromatic heterocycles. The van der Waals surface area contributed by atoms with Crippen LogP contribution in [0.25, 0.3) is 0 Å². The van der Waals surface area contributed by atoms with E-state index in [0.29, 0.717) is 18.1 Å². The van der Waals surface area contributed by atoms with Crippen LogP contribution in [-0.2, 0) is 17.9 Å². The SMILES string of the molecule is O=C(CNc1ccccc1Cl)NCc1ccc(Cn2ccccc2=O)cc1. The van der Waals surface area contributed by atoms with Gasteiger partial charge in [0.15, 0.2) is 0 Å². The molecule has 0 atom stereocenters. The van der Waals surface area contributed by atoms with Crippen molar-refractivity contribution in [2.24, 2.45) is 0 Å². The van der Waals surface area contributed by atoms with Gasteiger partial charge < -0.3 is 15.2 Å². The smallest absolute Gasteiger partial charge is 0.250 e. The van der Waals surface area contributed by atoms with Crippen LogP contribution in [0.2, 0.25) is 5.02 Å². The highest BCUT2D eigenvalue weighted by atomic mass is 35.5. The molecule has 1 heterocycles. The van der Waals surface area contributed by atoms with Crippen molar-refractivity contribution in [1.29, 1.82) is 0 Å². The van der Waals surface area contributed by atoms with E-state index in [4.69, 9.17) is 11.6 Å². The third-order valence-electron chi connectivity index (χ3n) is 4.08. The highest BCUT2D eigenvalue weighted by Crippen LogP contribution is 2.19. The molecule has 0 radical (unpaired) electrons. The third-order valence-corrected chi connectivity index (χ3v) is 4.41. The van der Waals surface area contributed by atoms with Crippen molar-refractivity contribution >= 4 is 23.2 Å². The Labute approximate surface area is 162 Å². The molecule has 6 heteroatoms. The summed E-state index contributed by atoms with van der Waals surface area (Å²) in [6.07, 6.45) is 1.77. The predicted octanol–water partition coefficient (Wildman–Crippen LogP) is 3.28. The fourth-order valence-corrected chi connectivity index (χ4v) is 2.80. The Kier molecular flexibility index (Phi) is 6.28. The van der Waals surface area contributed by atoms with E-state index < -0.39 is 0 Å². The molecule has 0 saturated heterocycles. The number of carbonyl (C=O) groups excluding carboxylic acids is 1. The van der Waals surface area contributed by atoms with Crippen molar-refractivity contribution < 1.29 is 4.79 Å². The van der Waals surface area contributed by atoms with Gasteiger partial charge in [-0.3, -0.25) is 9.59 Å². The van der Waals surface area contributed by atoms with Gasteiger partial charge in [0.1, 0.15) is 0 Å². The number of rotatable bonds is 7. The molecule has 3 aromatic rings. The number of amides is 1. The Hall–Kier alpha value is -3.05. The first kappa shape index (κ1) is 18.7. The summed E-state index contributed by atoms with van der Waals surface area (Å²) in [4.78, 5) is 23.7. The molecule has 0 fully saturated rings. The lowest BCUT2D eigenvalue weighted by atomic mass is 10.1. The minimum Gasteiger partial charge on any atom is -0.375 e. The van der Waals surface area contributed by atoms with Gasteiger partial charge in [-0.1, -0.05) is 54.1 Å². The van der Waals surface area contributed by atoms with E-state index in [-0.39, 0.29) is 18.0 Å². The largest absolute Gasteiger partial charge is 0.375 e. The summed E-state index contributed by atoms with van der Waals surface area (Å²) in [5, 5.41) is 6.46. The van der Waals surface area contributed by atoms with Crippen molar-refractivity contribution in [3.8, 4) is 0 Å². The van der Waals surface area contributed by atoms with Gasteiger partial charge in [0.25, 0.3) is 5.56 Å². The number of pyridine rings is 1. The Morgan fingerprint density at radius 2 is 1.63 bits per heavy atom. The second kappa shape index (κ2) is 9.05. The Bertz CT molecular complexity index is 967.